The molecule has 2 aromatic heterocycles. The molecule has 0 saturated heterocycles. The van der Waals surface area contributed by atoms with Crippen molar-refractivity contribution in [1.29, 1.82) is 0 Å². The lowest BCUT2D eigenvalue weighted by molar-refractivity contribution is -0.117. The highest BCUT2D eigenvalue weighted by atomic mass is 32.1. The van der Waals surface area contributed by atoms with Crippen LogP contribution in [0.3, 0.4) is 0 Å². The van der Waals surface area contributed by atoms with Crippen LogP contribution in [0, 0.1) is 6.92 Å². The number of aromatic nitrogens is 2. The van der Waals surface area contributed by atoms with Gasteiger partial charge in [-0.2, -0.15) is 0 Å². The molecular weight excluding hydrogens is 501 g/mol. The van der Waals surface area contributed by atoms with E-state index in [4.69, 9.17) is 12.8 Å². The molecule has 0 fully saturated rings. The third-order valence-electron chi connectivity index (χ3n) is 6.46. The molecule has 0 spiro atoms. The largest absolute Gasteiger partial charge is 0.322 e. The van der Waals surface area contributed by atoms with Gasteiger partial charge in [0.15, 0.2) is 0 Å². The van der Waals surface area contributed by atoms with E-state index in [2.05, 4.69) is 17.2 Å². The summed E-state index contributed by atoms with van der Waals surface area (Å²) in [5.74, 6) is -0.0883. The molecule has 0 saturated carbocycles. The van der Waals surface area contributed by atoms with E-state index in [1.807, 2.05) is 66.2 Å². The smallest absolute Gasteiger partial charge is 0.255 e. The third-order valence-corrected chi connectivity index (χ3v) is 7.30. The molecule has 1 amide bonds. The van der Waals surface area contributed by atoms with Crippen LogP contribution in [0.2, 0.25) is 0 Å². The van der Waals surface area contributed by atoms with Crippen LogP contribution in [0.5, 0.6) is 0 Å². The van der Waals surface area contributed by atoms with E-state index in [0.717, 1.165) is 44.2 Å². The van der Waals surface area contributed by atoms with E-state index in [9.17, 15) is 9.59 Å². The molecule has 5 aromatic rings. The van der Waals surface area contributed by atoms with Gasteiger partial charge in [-0.3, -0.25) is 14.6 Å². The molecule has 0 aliphatic heterocycles. The summed E-state index contributed by atoms with van der Waals surface area (Å²) in [5, 5.41) is 6.04. The van der Waals surface area contributed by atoms with Gasteiger partial charge in [0.25, 0.3) is 5.91 Å². The summed E-state index contributed by atoms with van der Waals surface area (Å²) in [7, 11) is 5.71. The van der Waals surface area contributed by atoms with Crippen LogP contribution >= 0.6 is 11.3 Å². The number of aryl methyl sites for hydroxylation is 1. The first kappa shape index (κ1) is 26.3. The van der Waals surface area contributed by atoms with Crippen molar-refractivity contribution in [3.63, 3.8) is 0 Å². The van der Waals surface area contributed by atoms with Crippen molar-refractivity contribution in [1.82, 2.24) is 9.97 Å². The highest BCUT2D eigenvalue weighted by Crippen LogP contribution is 2.25. The van der Waals surface area contributed by atoms with Crippen LogP contribution in [0.15, 0.2) is 96.6 Å². The number of amides is 1. The van der Waals surface area contributed by atoms with Gasteiger partial charge in [0.2, 0.25) is 0 Å². The SMILES string of the molecule is [B]c1ccc(CC(=O)Cc2ccc(C(=O)Nc3ccc(C)c(Cc4nc(-c5cccnc5)cs4)c3)cc2)cc1. The topological polar surface area (TPSA) is 72.0 Å². The molecule has 5 rings (SSSR count). The molecule has 2 radical (unpaired) electrons. The normalized spacial score (nSPS) is 10.8. The van der Waals surface area contributed by atoms with Crippen molar-refractivity contribution in [2.75, 3.05) is 5.32 Å². The van der Waals surface area contributed by atoms with E-state index in [-0.39, 0.29) is 11.7 Å². The summed E-state index contributed by atoms with van der Waals surface area (Å²) in [6.07, 6.45) is 4.91. The first-order valence-corrected chi connectivity index (χ1v) is 13.5. The summed E-state index contributed by atoms with van der Waals surface area (Å²) in [5.41, 5.74) is 7.91. The molecule has 5 nitrogen and oxygen atoms in total. The molecule has 0 aliphatic rings. The highest BCUT2D eigenvalue weighted by Gasteiger charge is 2.12. The van der Waals surface area contributed by atoms with E-state index in [0.29, 0.717) is 30.3 Å². The van der Waals surface area contributed by atoms with Gasteiger partial charge < -0.3 is 5.32 Å². The molecule has 39 heavy (non-hydrogen) atoms. The highest BCUT2D eigenvalue weighted by molar-refractivity contribution is 7.10. The van der Waals surface area contributed by atoms with Gasteiger partial charge in [-0.15, -0.1) is 11.3 Å². The van der Waals surface area contributed by atoms with Crippen LogP contribution in [0.4, 0.5) is 5.69 Å². The molecule has 190 valence electrons. The summed E-state index contributed by atoms with van der Waals surface area (Å²) >= 11 is 1.62. The third kappa shape index (κ3) is 6.95. The number of hydrogen-bond donors (Lipinski definition) is 1. The van der Waals surface area contributed by atoms with E-state index in [1.165, 1.54) is 0 Å². The Kier molecular flexibility index (Phi) is 8.09. The molecule has 7 heteroatoms. The zero-order valence-corrected chi connectivity index (χ0v) is 22.4. The summed E-state index contributed by atoms with van der Waals surface area (Å²) in [6.45, 7) is 2.06. The number of thiazole rings is 1. The van der Waals surface area contributed by atoms with Gasteiger partial charge in [-0.1, -0.05) is 47.9 Å². The Morgan fingerprint density at radius 2 is 1.64 bits per heavy atom. The monoisotopic (exact) mass is 527 g/mol. The lowest BCUT2D eigenvalue weighted by atomic mass is 9.94. The lowest BCUT2D eigenvalue weighted by Gasteiger charge is -2.10. The van der Waals surface area contributed by atoms with Gasteiger partial charge in [-0.25, -0.2) is 4.98 Å². The molecular formula is C32H26BN3O2S. The molecule has 0 atom stereocenters. The van der Waals surface area contributed by atoms with Crippen LogP contribution in [-0.4, -0.2) is 29.5 Å². The van der Waals surface area contributed by atoms with Crippen molar-refractivity contribution in [2.45, 2.75) is 26.2 Å². The predicted octanol–water partition coefficient (Wildman–Crippen LogP) is 5.50. The minimum absolute atomic E-state index is 0.108. The molecule has 0 aliphatic carbocycles. The summed E-state index contributed by atoms with van der Waals surface area (Å²) in [4.78, 5) is 34.3. The number of Topliss-reactive ketones (excluding diaryl/α,β-unsaturated/α-hetero) is 1. The van der Waals surface area contributed by atoms with Crippen LogP contribution in [-0.2, 0) is 24.1 Å². The Morgan fingerprint density at radius 1 is 0.923 bits per heavy atom. The minimum Gasteiger partial charge on any atom is -0.322 e. The maximum Gasteiger partial charge on any atom is 0.255 e. The van der Waals surface area contributed by atoms with Crippen molar-refractivity contribution in [2.24, 2.45) is 0 Å². The van der Waals surface area contributed by atoms with Crippen molar-refractivity contribution < 1.29 is 9.59 Å². The predicted molar refractivity (Wildman–Crippen MR) is 158 cm³/mol. The Hall–Kier alpha value is -4.36. The number of rotatable bonds is 9. The van der Waals surface area contributed by atoms with Crippen LogP contribution in [0.25, 0.3) is 11.3 Å². The molecule has 0 unspecified atom stereocenters. The quantitative estimate of drug-likeness (QED) is 0.257. The standard InChI is InChI=1S/C32H26BN3O2S/c1-21-4-13-28(17-26(21)18-31-36-30(20-39-31)25-3-2-14-34-19-25)35-32(38)24-9-5-22(6-10-24)15-29(37)16-23-7-11-27(33)12-8-23/h2-14,17,19-20H,15-16,18H2,1H3,(H,35,38). The first-order valence-electron chi connectivity index (χ1n) is 12.6. The van der Waals surface area contributed by atoms with E-state index < -0.39 is 0 Å². The van der Waals surface area contributed by atoms with Gasteiger partial charge in [0.1, 0.15) is 13.6 Å². The Balaban J connectivity index is 1.20. The molecule has 2 heterocycles. The number of pyridine rings is 1. The zero-order valence-electron chi connectivity index (χ0n) is 21.6. The van der Waals surface area contributed by atoms with Crippen LogP contribution < -0.4 is 10.8 Å². The second-order valence-electron chi connectivity index (χ2n) is 9.47. The van der Waals surface area contributed by atoms with Gasteiger partial charge in [-0.05, 0) is 65.6 Å². The van der Waals surface area contributed by atoms with Gasteiger partial charge in [0.05, 0.1) is 10.7 Å². The van der Waals surface area contributed by atoms with Gasteiger partial charge >= 0.3 is 0 Å². The summed E-state index contributed by atoms with van der Waals surface area (Å²) < 4.78 is 0. The number of benzene rings is 3. The fourth-order valence-corrected chi connectivity index (χ4v) is 5.10. The molecule has 0 bridgehead atoms. The summed E-state index contributed by atoms with van der Waals surface area (Å²) in [6, 6.07) is 24.3. The number of carbonyl (C=O) groups excluding carboxylic acids is 2. The average Bonchev–Trinajstić information content (AvgIpc) is 3.41. The zero-order chi connectivity index (χ0) is 27.2. The van der Waals surface area contributed by atoms with Crippen molar-refractivity contribution in [3.8, 4) is 11.3 Å². The first-order chi connectivity index (χ1) is 18.9. The van der Waals surface area contributed by atoms with Crippen molar-refractivity contribution >= 4 is 42.0 Å². The van der Waals surface area contributed by atoms with E-state index in [1.54, 1.807) is 41.8 Å². The maximum atomic E-state index is 12.9. The number of anilines is 1. The minimum atomic E-state index is -0.197. The maximum absolute atomic E-state index is 12.9. The van der Waals surface area contributed by atoms with Crippen molar-refractivity contribution in [3.05, 3.63) is 129 Å². The number of nitrogens with one attached hydrogen (secondary N) is 1. The Morgan fingerprint density at radius 3 is 2.33 bits per heavy atom. The Bertz CT molecular complexity index is 1600. The van der Waals surface area contributed by atoms with Gasteiger partial charge in [0, 0.05) is 53.9 Å². The molecule has 1 N–H and O–H groups in total. The fraction of sp³-hybridized carbons (Fsp3) is 0.125. The van der Waals surface area contributed by atoms with Crippen LogP contribution in [0.1, 0.15) is 37.6 Å². The number of ketones is 1. The second kappa shape index (κ2) is 12.0. The second-order valence-corrected chi connectivity index (χ2v) is 10.4. The Labute approximate surface area is 233 Å². The number of carbonyl (C=O) groups is 2. The fourth-order valence-electron chi connectivity index (χ4n) is 4.27. The van der Waals surface area contributed by atoms with E-state index >= 15 is 0 Å². The number of nitrogens with zero attached hydrogens (tertiary/aromatic N) is 2. The lowest BCUT2D eigenvalue weighted by Crippen LogP contribution is -2.13. The average molecular weight is 527 g/mol. The number of hydrogen-bond acceptors (Lipinski definition) is 5. The molecule has 3 aromatic carbocycles.